The molecule has 0 aromatic carbocycles. The quantitative estimate of drug-likeness (QED) is 0.591. The molecular formula is C12H19N3O2. The lowest BCUT2D eigenvalue weighted by molar-refractivity contribution is -0.122. The molecule has 5 heteroatoms. The van der Waals surface area contributed by atoms with Crippen LogP contribution < -0.4 is 11.1 Å². The smallest absolute Gasteiger partial charge is 0.237 e. The van der Waals surface area contributed by atoms with Gasteiger partial charge in [-0.2, -0.15) is 0 Å². The topological polar surface area (TPSA) is 88.2 Å². The van der Waals surface area contributed by atoms with Crippen molar-refractivity contribution in [3.63, 3.8) is 0 Å². The summed E-state index contributed by atoms with van der Waals surface area (Å²) in [5.74, 6) is -0.173. The van der Waals surface area contributed by atoms with Crippen LogP contribution >= 0.6 is 0 Å². The highest BCUT2D eigenvalue weighted by molar-refractivity contribution is 5.81. The number of nitrogens with zero attached hydrogens (tertiary/aromatic N) is 1. The van der Waals surface area contributed by atoms with E-state index in [1.54, 1.807) is 6.20 Å². The molecule has 0 aliphatic rings. The van der Waals surface area contributed by atoms with Crippen molar-refractivity contribution in [1.29, 1.82) is 0 Å². The first-order chi connectivity index (χ1) is 8.24. The molecule has 1 aromatic heterocycles. The zero-order valence-electron chi connectivity index (χ0n) is 9.80. The fourth-order valence-electron chi connectivity index (χ4n) is 1.42. The van der Waals surface area contributed by atoms with Crippen LogP contribution in [0.25, 0.3) is 0 Å². The lowest BCUT2D eigenvalue weighted by Gasteiger charge is -2.11. The molecule has 1 heterocycles. The minimum atomic E-state index is -0.509. The molecule has 1 atom stereocenters. The summed E-state index contributed by atoms with van der Waals surface area (Å²) in [5.41, 5.74) is 6.52. The Morgan fingerprint density at radius 1 is 1.47 bits per heavy atom. The first-order valence-corrected chi connectivity index (χ1v) is 5.78. The van der Waals surface area contributed by atoms with Crippen LogP contribution in [0.3, 0.4) is 0 Å². The number of hydrogen-bond acceptors (Lipinski definition) is 4. The zero-order chi connectivity index (χ0) is 12.5. The van der Waals surface area contributed by atoms with Gasteiger partial charge in [0, 0.05) is 12.8 Å². The van der Waals surface area contributed by atoms with Crippen LogP contribution in [0.1, 0.15) is 25.0 Å². The first kappa shape index (κ1) is 13.6. The fraction of sp³-hybridized carbons (Fsp3) is 0.500. The summed E-state index contributed by atoms with van der Waals surface area (Å²) in [4.78, 5) is 15.7. The minimum absolute atomic E-state index is 0.141. The van der Waals surface area contributed by atoms with Gasteiger partial charge in [-0.3, -0.25) is 9.78 Å². The van der Waals surface area contributed by atoms with Gasteiger partial charge in [0.25, 0.3) is 0 Å². The second kappa shape index (κ2) is 7.76. The number of nitrogens with two attached hydrogens (primary N) is 1. The van der Waals surface area contributed by atoms with Crippen LogP contribution in [0.4, 0.5) is 0 Å². The Labute approximate surface area is 101 Å². The molecule has 0 radical (unpaired) electrons. The summed E-state index contributed by atoms with van der Waals surface area (Å²) in [7, 11) is 0. The maximum absolute atomic E-state index is 11.6. The largest absolute Gasteiger partial charge is 0.396 e. The Hall–Kier alpha value is -1.46. The van der Waals surface area contributed by atoms with Crippen molar-refractivity contribution in [3.8, 4) is 0 Å². The summed E-state index contributed by atoms with van der Waals surface area (Å²) in [5, 5.41) is 11.4. The van der Waals surface area contributed by atoms with Crippen LogP contribution in [-0.4, -0.2) is 28.6 Å². The molecule has 1 rings (SSSR count). The first-order valence-electron chi connectivity index (χ1n) is 5.78. The van der Waals surface area contributed by atoms with Crippen molar-refractivity contribution in [2.75, 3.05) is 6.61 Å². The number of hydrogen-bond donors (Lipinski definition) is 3. The lowest BCUT2D eigenvalue weighted by Crippen LogP contribution is -2.40. The lowest BCUT2D eigenvalue weighted by atomic mass is 10.1. The number of nitrogens with one attached hydrogen (secondary N) is 1. The summed E-state index contributed by atoms with van der Waals surface area (Å²) in [6.45, 7) is 0.537. The third kappa shape index (κ3) is 5.42. The van der Waals surface area contributed by atoms with Crippen LogP contribution in [0.2, 0.25) is 0 Å². The van der Waals surface area contributed by atoms with E-state index in [0.29, 0.717) is 19.4 Å². The van der Waals surface area contributed by atoms with Gasteiger partial charge in [0.2, 0.25) is 5.91 Å². The van der Waals surface area contributed by atoms with E-state index in [1.165, 1.54) is 0 Å². The van der Waals surface area contributed by atoms with Crippen molar-refractivity contribution >= 4 is 5.91 Å². The van der Waals surface area contributed by atoms with Crippen LogP contribution in [0, 0.1) is 0 Å². The van der Waals surface area contributed by atoms with Crippen molar-refractivity contribution in [1.82, 2.24) is 10.3 Å². The molecule has 94 valence electrons. The standard InChI is InChI=1S/C12H19N3O2/c13-11(6-2-4-8-16)12(17)15-9-10-5-1-3-7-14-10/h1,3,5,7,11,16H,2,4,6,8-9,13H2,(H,15,17)/t11-/m0/s1. The van der Waals surface area contributed by atoms with E-state index in [1.807, 2.05) is 18.2 Å². The van der Waals surface area contributed by atoms with E-state index < -0.39 is 6.04 Å². The molecule has 5 nitrogen and oxygen atoms in total. The van der Waals surface area contributed by atoms with Crippen molar-refractivity contribution < 1.29 is 9.90 Å². The molecule has 17 heavy (non-hydrogen) atoms. The number of carbonyl (C=O) groups excluding carboxylic acids is 1. The SMILES string of the molecule is N[C@@H](CCCCO)C(=O)NCc1ccccn1. The molecule has 4 N–H and O–H groups in total. The maximum atomic E-state index is 11.6. The van der Waals surface area contributed by atoms with E-state index in [4.69, 9.17) is 10.8 Å². The van der Waals surface area contributed by atoms with E-state index >= 15 is 0 Å². The molecular weight excluding hydrogens is 218 g/mol. The van der Waals surface area contributed by atoms with Gasteiger partial charge in [-0.1, -0.05) is 6.07 Å². The number of amides is 1. The molecule has 0 bridgehead atoms. The van der Waals surface area contributed by atoms with Crippen LogP contribution in [0.5, 0.6) is 0 Å². The Balaban J connectivity index is 2.24. The van der Waals surface area contributed by atoms with E-state index in [9.17, 15) is 4.79 Å². The number of aliphatic hydroxyl groups is 1. The average molecular weight is 237 g/mol. The third-order valence-corrected chi connectivity index (χ3v) is 2.43. The van der Waals surface area contributed by atoms with Gasteiger partial charge in [-0.15, -0.1) is 0 Å². The van der Waals surface area contributed by atoms with E-state index in [0.717, 1.165) is 12.1 Å². The fourth-order valence-corrected chi connectivity index (χ4v) is 1.42. The molecule has 1 amide bonds. The molecule has 0 saturated carbocycles. The molecule has 0 aliphatic carbocycles. The van der Waals surface area contributed by atoms with Crippen molar-refractivity contribution in [3.05, 3.63) is 30.1 Å². The molecule has 0 spiro atoms. The average Bonchev–Trinajstić information content (AvgIpc) is 2.37. The number of aromatic nitrogens is 1. The molecule has 0 aliphatic heterocycles. The second-order valence-corrected chi connectivity index (χ2v) is 3.86. The Bertz CT molecular complexity index is 330. The number of unbranched alkanes of at least 4 members (excludes halogenated alkanes) is 1. The van der Waals surface area contributed by atoms with Gasteiger partial charge in [-0.25, -0.2) is 0 Å². The summed E-state index contributed by atoms with van der Waals surface area (Å²) >= 11 is 0. The highest BCUT2D eigenvalue weighted by Gasteiger charge is 2.12. The van der Waals surface area contributed by atoms with E-state index in [2.05, 4.69) is 10.3 Å². The highest BCUT2D eigenvalue weighted by Crippen LogP contribution is 1.99. The number of pyridine rings is 1. The van der Waals surface area contributed by atoms with Gasteiger partial charge in [-0.05, 0) is 31.4 Å². The van der Waals surface area contributed by atoms with Crippen molar-refractivity contribution in [2.24, 2.45) is 5.73 Å². The summed E-state index contributed by atoms with van der Waals surface area (Å²) in [6, 6.07) is 5.03. The van der Waals surface area contributed by atoms with Crippen molar-refractivity contribution in [2.45, 2.75) is 31.8 Å². The van der Waals surface area contributed by atoms with Gasteiger partial charge < -0.3 is 16.2 Å². The Morgan fingerprint density at radius 3 is 2.94 bits per heavy atom. The Kier molecular flexibility index (Phi) is 6.21. The predicted octanol–water partition coefficient (Wildman–Crippen LogP) is 0.188. The maximum Gasteiger partial charge on any atom is 0.237 e. The number of rotatable bonds is 7. The molecule has 0 fully saturated rings. The number of carbonyl (C=O) groups is 1. The second-order valence-electron chi connectivity index (χ2n) is 3.86. The predicted molar refractivity (Wildman–Crippen MR) is 65.0 cm³/mol. The van der Waals surface area contributed by atoms with Gasteiger partial charge in [0.05, 0.1) is 18.3 Å². The van der Waals surface area contributed by atoms with E-state index in [-0.39, 0.29) is 12.5 Å². The normalized spacial score (nSPS) is 12.1. The van der Waals surface area contributed by atoms with Gasteiger partial charge in [0.15, 0.2) is 0 Å². The zero-order valence-corrected chi connectivity index (χ0v) is 9.80. The van der Waals surface area contributed by atoms with Crippen LogP contribution in [0.15, 0.2) is 24.4 Å². The third-order valence-electron chi connectivity index (χ3n) is 2.43. The van der Waals surface area contributed by atoms with Crippen LogP contribution in [-0.2, 0) is 11.3 Å². The molecule has 0 unspecified atom stereocenters. The monoisotopic (exact) mass is 237 g/mol. The highest BCUT2D eigenvalue weighted by atomic mass is 16.2. The Morgan fingerprint density at radius 2 is 2.29 bits per heavy atom. The van der Waals surface area contributed by atoms with Gasteiger partial charge >= 0.3 is 0 Å². The molecule has 1 aromatic rings. The summed E-state index contributed by atoms with van der Waals surface area (Å²) in [6.07, 6.45) is 3.72. The minimum Gasteiger partial charge on any atom is -0.396 e. The molecule has 0 saturated heterocycles. The number of aliphatic hydroxyl groups excluding tert-OH is 1. The summed E-state index contributed by atoms with van der Waals surface area (Å²) < 4.78 is 0. The van der Waals surface area contributed by atoms with Gasteiger partial charge in [0.1, 0.15) is 0 Å².